The number of anilines is 1. The molecule has 1 aliphatic heterocycles. The molecule has 1 atom stereocenters. The fourth-order valence-corrected chi connectivity index (χ4v) is 3.17. The van der Waals surface area contributed by atoms with Crippen LogP contribution < -0.4 is 10.9 Å². The quantitative estimate of drug-likeness (QED) is 0.895. The maximum atomic E-state index is 12.4. The number of hydrogen-bond acceptors (Lipinski definition) is 2. The van der Waals surface area contributed by atoms with Crippen LogP contribution in [0.1, 0.15) is 54.5 Å². The second kappa shape index (κ2) is 5.16. The highest BCUT2D eigenvalue weighted by Gasteiger charge is 2.33. The zero-order valence-electron chi connectivity index (χ0n) is 13.4. The van der Waals surface area contributed by atoms with Crippen molar-refractivity contribution in [1.82, 2.24) is 9.78 Å². The average molecular weight is 299 g/mol. The van der Waals surface area contributed by atoms with Crippen molar-refractivity contribution >= 4 is 11.7 Å². The normalized spacial score (nSPS) is 17.5. The van der Waals surface area contributed by atoms with Crippen molar-refractivity contribution in [3.05, 3.63) is 50.8 Å². The van der Waals surface area contributed by atoms with Gasteiger partial charge in [0.2, 0.25) is 5.91 Å². The Morgan fingerprint density at radius 2 is 1.95 bits per heavy atom. The Bertz CT molecular complexity index is 799. The zero-order chi connectivity index (χ0) is 16.0. The van der Waals surface area contributed by atoms with Crippen LogP contribution in [0.4, 0.5) is 5.82 Å². The van der Waals surface area contributed by atoms with Crippen LogP contribution in [-0.4, -0.2) is 15.7 Å². The van der Waals surface area contributed by atoms with Crippen LogP contribution in [-0.2, 0) is 4.79 Å². The molecule has 5 nitrogen and oxygen atoms in total. The molecule has 2 heterocycles. The van der Waals surface area contributed by atoms with Crippen LogP contribution in [0, 0.1) is 13.8 Å². The molecule has 116 valence electrons. The van der Waals surface area contributed by atoms with E-state index in [0.29, 0.717) is 17.8 Å². The molecular weight excluding hydrogens is 278 g/mol. The van der Waals surface area contributed by atoms with Crippen molar-refractivity contribution in [2.45, 2.75) is 46.1 Å². The average Bonchev–Trinajstić information content (AvgIpc) is 2.78. The molecule has 1 aromatic heterocycles. The van der Waals surface area contributed by atoms with E-state index in [1.54, 1.807) is 4.68 Å². The number of hydrogen-bond donors (Lipinski definition) is 2. The first-order valence-corrected chi connectivity index (χ1v) is 7.60. The Kier molecular flexibility index (Phi) is 3.43. The monoisotopic (exact) mass is 299 g/mol. The van der Waals surface area contributed by atoms with Crippen LogP contribution in [0.5, 0.6) is 0 Å². The van der Waals surface area contributed by atoms with Crippen molar-refractivity contribution in [2.75, 3.05) is 5.32 Å². The number of fused-ring (bicyclic) bond motifs is 1. The fraction of sp³-hybridized carbons (Fsp3) is 0.412. The summed E-state index contributed by atoms with van der Waals surface area (Å²) in [5.41, 5.74) is 3.85. The number of rotatable bonds is 2. The summed E-state index contributed by atoms with van der Waals surface area (Å²) in [5.74, 6) is 0.376. The van der Waals surface area contributed by atoms with E-state index in [2.05, 4.69) is 16.5 Å². The van der Waals surface area contributed by atoms with Crippen LogP contribution in [0.25, 0.3) is 0 Å². The smallest absolute Gasteiger partial charge is 0.270 e. The summed E-state index contributed by atoms with van der Waals surface area (Å²) in [6, 6.07) is 6.25. The molecule has 5 heteroatoms. The van der Waals surface area contributed by atoms with Gasteiger partial charge in [-0.05, 0) is 38.8 Å². The summed E-state index contributed by atoms with van der Waals surface area (Å²) in [5, 5.41) is 5.71. The molecule has 1 aromatic carbocycles. The van der Waals surface area contributed by atoms with Crippen LogP contribution in [0.3, 0.4) is 0 Å². The summed E-state index contributed by atoms with van der Waals surface area (Å²) >= 11 is 0. The lowest BCUT2D eigenvalue weighted by Gasteiger charge is -2.25. The van der Waals surface area contributed by atoms with Gasteiger partial charge < -0.3 is 5.32 Å². The van der Waals surface area contributed by atoms with Crippen molar-refractivity contribution in [2.24, 2.45) is 0 Å². The third-order valence-electron chi connectivity index (χ3n) is 4.29. The third-order valence-corrected chi connectivity index (χ3v) is 4.29. The highest BCUT2D eigenvalue weighted by Crippen LogP contribution is 2.37. The largest absolute Gasteiger partial charge is 0.311 e. The Morgan fingerprint density at radius 1 is 1.23 bits per heavy atom. The van der Waals surface area contributed by atoms with Crippen LogP contribution in [0.15, 0.2) is 23.0 Å². The summed E-state index contributed by atoms with van der Waals surface area (Å²) in [6.45, 7) is 8.00. The van der Waals surface area contributed by atoms with Gasteiger partial charge in [0.25, 0.3) is 5.56 Å². The topological polar surface area (TPSA) is 66.9 Å². The van der Waals surface area contributed by atoms with E-state index in [1.165, 1.54) is 0 Å². The molecule has 0 spiro atoms. The highest BCUT2D eigenvalue weighted by atomic mass is 16.2. The second-order valence-electron chi connectivity index (χ2n) is 6.33. The molecule has 0 fully saturated rings. The van der Waals surface area contributed by atoms with Crippen molar-refractivity contribution in [3.63, 3.8) is 0 Å². The van der Waals surface area contributed by atoms with Crippen molar-refractivity contribution < 1.29 is 4.79 Å². The SMILES string of the molecule is Cc1ccc(C)c([C@@H]2CC(=O)Nc3c2c(=O)[nH]n3C(C)C)c1. The van der Waals surface area contributed by atoms with Gasteiger partial charge in [-0.15, -0.1) is 0 Å². The predicted octanol–water partition coefficient (Wildman–Crippen LogP) is 2.85. The molecular formula is C17H21N3O2. The Balaban J connectivity index is 2.22. The van der Waals surface area contributed by atoms with E-state index in [9.17, 15) is 9.59 Å². The van der Waals surface area contributed by atoms with Gasteiger partial charge in [-0.3, -0.25) is 19.4 Å². The Labute approximate surface area is 129 Å². The summed E-state index contributed by atoms with van der Waals surface area (Å²) in [6.07, 6.45) is 0.308. The number of aryl methyl sites for hydroxylation is 2. The highest BCUT2D eigenvalue weighted by molar-refractivity contribution is 5.94. The van der Waals surface area contributed by atoms with E-state index >= 15 is 0 Å². The predicted molar refractivity (Wildman–Crippen MR) is 86.4 cm³/mol. The number of benzene rings is 1. The molecule has 1 aliphatic rings. The third kappa shape index (κ3) is 2.26. The maximum absolute atomic E-state index is 12.4. The summed E-state index contributed by atoms with van der Waals surface area (Å²) in [4.78, 5) is 24.6. The minimum atomic E-state index is -0.188. The van der Waals surface area contributed by atoms with E-state index < -0.39 is 0 Å². The van der Waals surface area contributed by atoms with E-state index in [1.807, 2.05) is 39.8 Å². The molecule has 0 aliphatic carbocycles. The fourth-order valence-electron chi connectivity index (χ4n) is 3.17. The van der Waals surface area contributed by atoms with Gasteiger partial charge in [-0.2, -0.15) is 0 Å². The van der Waals surface area contributed by atoms with E-state index in [-0.39, 0.29) is 23.4 Å². The lowest BCUT2D eigenvalue weighted by atomic mass is 9.84. The Hall–Kier alpha value is -2.30. The molecule has 0 bridgehead atoms. The molecule has 2 N–H and O–H groups in total. The minimum absolute atomic E-state index is 0.0493. The first-order chi connectivity index (χ1) is 10.4. The number of H-pyrrole nitrogens is 1. The standard InChI is InChI=1S/C17H21N3O2/c1-9(2)20-16-15(17(22)19-20)13(8-14(21)18-16)12-7-10(3)5-6-11(12)4/h5-7,9,13H,8H2,1-4H3,(H,18,21)(H,19,22)/t13-/m0/s1. The molecule has 0 saturated carbocycles. The number of aromatic amines is 1. The van der Waals surface area contributed by atoms with Crippen molar-refractivity contribution in [1.29, 1.82) is 0 Å². The molecule has 0 radical (unpaired) electrons. The first kappa shape index (κ1) is 14.6. The Morgan fingerprint density at radius 3 is 2.64 bits per heavy atom. The maximum Gasteiger partial charge on any atom is 0.270 e. The molecule has 22 heavy (non-hydrogen) atoms. The van der Waals surface area contributed by atoms with Gasteiger partial charge in [0, 0.05) is 18.4 Å². The minimum Gasteiger partial charge on any atom is -0.311 e. The van der Waals surface area contributed by atoms with Crippen molar-refractivity contribution in [3.8, 4) is 0 Å². The van der Waals surface area contributed by atoms with Gasteiger partial charge >= 0.3 is 0 Å². The van der Waals surface area contributed by atoms with Gasteiger partial charge in [-0.25, -0.2) is 0 Å². The van der Waals surface area contributed by atoms with Gasteiger partial charge in [0.05, 0.1) is 5.56 Å². The van der Waals surface area contributed by atoms with Crippen LogP contribution in [0.2, 0.25) is 0 Å². The molecule has 2 aromatic rings. The van der Waals surface area contributed by atoms with Gasteiger partial charge in [-0.1, -0.05) is 23.8 Å². The number of carbonyl (C=O) groups is 1. The second-order valence-corrected chi connectivity index (χ2v) is 6.33. The number of nitrogens with one attached hydrogen (secondary N) is 2. The summed E-state index contributed by atoms with van der Waals surface area (Å²) < 4.78 is 1.74. The zero-order valence-corrected chi connectivity index (χ0v) is 13.4. The van der Waals surface area contributed by atoms with Gasteiger partial charge in [0.1, 0.15) is 5.82 Å². The molecule has 0 unspecified atom stereocenters. The lowest BCUT2D eigenvalue weighted by Crippen LogP contribution is -2.27. The van der Waals surface area contributed by atoms with E-state index in [0.717, 1.165) is 16.7 Å². The van der Waals surface area contributed by atoms with E-state index in [4.69, 9.17) is 0 Å². The molecule has 3 rings (SSSR count). The summed E-state index contributed by atoms with van der Waals surface area (Å²) in [7, 11) is 0. The van der Waals surface area contributed by atoms with Gasteiger partial charge in [0.15, 0.2) is 0 Å². The molecule has 1 amide bonds. The lowest BCUT2D eigenvalue weighted by molar-refractivity contribution is -0.116. The number of aromatic nitrogens is 2. The number of carbonyl (C=O) groups excluding carboxylic acids is 1. The molecule has 0 saturated heterocycles. The number of nitrogens with zero attached hydrogens (tertiary/aromatic N) is 1. The van der Waals surface area contributed by atoms with Crippen LogP contribution >= 0.6 is 0 Å². The first-order valence-electron chi connectivity index (χ1n) is 7.60. The number of amides is 1.